The van der Waals surface area contributed by atoms with E-state index in [1.165, 1.54) is 83.5 Å². The first-order valence-electron chi connectivity index (χ1n) is 9.47. The van der Waals surface area contributed by atoms with Crippen molar-refractivity contribution in [2.75, 3.05) is 0 Å². The normalized spacial score (nSPS) is 22.9. The Morgan fingerprint density at radius 3 is 1.95 bits per heavy atom. The summed E-state index contributed by atoms with van der Waals surface area (Å²) in [4.78, 5) is 0. The Balaban J connectivity index is 1.91. The summed E-state index contributed by atoms with van der Waals surface area (Å²) >= 11 is 0. The Kier molecular flexibility index (Phi) is 10.4. The highest BCUT2D eigenvalue weighted by molar-refractivity contribution is 4.84. The van der Waals surface area contributed by atoms with Gasteiger partial charge in [0, 0.05) is 0 Å². The summed E-state index contributed by atoms with van der Waals surface area (Å²) in [7, 11) is 0. The van der Waals surface area contributed by atoms with Crippen molar-refractivity contribution >= 4 is 0 Å². The standard InChI is InChI=1S/C19H38O/c1-4-7-9-10-11-15-18-19(20-18)16-12-14-17(6-3)13-8-5-2/h17-19H,4-16H2,1-3H3. The third kappa shape index (κ3) is 8.29. The maximum Gasteiger partial charge on any atom is 0.0841 e. The Hall–Kier alpha value is -0.0400. The topological polar surface area (TPSA) is 12.5 Å². The summed E-state index contributed by atoms with van der Waals surface area (Å²) in [5.41, 5.74) is 0. The smallest absolute Gasteiger partial charge is 0.0841 e. The van der Waals surface area contributed by atoms with Gasteiger partial charge in [-0.3, -0.25) is 0 Å². The molecule has 1 nitrogen and oxygen atoms in total. The van der Waals surface area contributed by atoms with E-state index < -0.39 is 0 Å². The molecule has 0 saturated carbocycles. The number of unbranched alkanes of at least 4 members (excludes halogenated alkanes) is 5. The number of hydrogen-bond donors (Lipinski definition) is 0. The minimum Gasteiger partial charge on any atom is -0.370 e. The highest BCUT2D eigenvalue weighted by atomic mass is 16.6. The molecule has 1 saturated heterocycles. The first-order valence-corrected chi connectivity index (χ1v) is 9.47. The van der Waals surface area contributed by atoms with Crippen LogP contribution < -0.4 is 0 Å². The highest BCUT2D eigenvalue weighted by Crippen LogP contribution is 2.32. The quantitative estimate of drug-likeness (QED) is 0.261. The van der Waals surface area contributed by atoms with E-state index in [1.807, 2.05) is 0 Å². The molecule has 0 aromatic heterocycles. The molecular weight excluding hydrogens is 244 g/mol. The average molecular weight is 283 g/mol. The second-order valence-electron chi connectivity index (χ2n) is 6.76. The molecule has 1 aliphatic rings. The summed E-state index contributed by atoms with van der Waals surface area (Å²) in [5.74, 6) is 0.973. The van der Waals surface area contributed by atoms with Gasteiger partial charge in [0.15, 0.2) is 0 Å². The molecule has 0 N–H and O–H groups in total. The van der Waals surface area contributed by atoms with Crippen LogP contribution in [0, 0.1) is 5.92 Å². The molecule has 1 heterocycles. The van der Waals surface area contributed by atoms with Gasteiger partial charge in [-0.25, -0.2) is 0 Å². The van der Waals surface area contributed by atoms with Crippen molar-refractivity contribution in [2.45, 2.75) is 116 Å². The van der Waals surface area contributed by atoms with Gasteiger partial charge in [0.2, 0.25) is 0 Å². The van der Waals surface area contributed by atoms with Crippen LogP contribution in [0.1, 0.15) is 104 Å². The fourth-order valence-electron chi connectivity index (χ4n) is 3.29. The number of ether oxygens (including phenoxy) is 1. The molecule has 3 unspecified atom stereocenters. The fraction of sp³-hybridized carbons (Fsp3) is 1.00. The first kappa shape index (κ1) is 18.0. The van der Waals surface area contributed by atoms with Crippen molar-refractivity contribution in [1.29, 1.82) is 0 Å². The minimum absolute atomic E-state index is 0.629. The Bertz CT molecular complexity index is 214. The lowest BCUT2D eigenvalue weighted by Gasteiger charge is -2.13. The van der Waals surface area contributed by atoms with Crippen LogP contribution >= 0.6 is 0 Å². The second-order valence-corrected chi connectivity index (χ2v) is 6.76. The molecule has 20 heavy (non-hydrogen) atoms. The predicted molar refractivity (Wildman–Crippen MR) is 89.2 cm³/mol. The highest BCUT2D eigenvalue weighted by Gasteiger charge is 2.36. The average Bonchev–Trinajstić information content (AvgIpc) is 3.21. The van der Waals surface area contributed by atoms with Crippen LogP contribution in [0.15, 0.2) is 0 Å². The fourth-order valence-corrected chi connectivity index (χ4v) is 3.29. The van der Waals surface area contributed by atoms with E-state index in [4.69, 9.17) is 4.74 Å². The number of rotatable bonds is 14. The van der Waals surface area contributed by atoms with Crippen LogP contribution in [0.25, 0.3) is 0 Å². The zero-order chi connectivity index (χ0) is 14.6. The zero-order valence-corrected chi connectivity index (χ0v) is 14.3. The molecule has 0 spiro atoms. The molecule has 0 radical (unpaired) electrons. The summed E-state index contributed by atoms with van der Waals surface area (Å²) in [6.07, 6.45) is 19.3. The molecule has 1 fully saturated rings. The van der Waals surface area contributed by atoms with Gasteiger partial charge in [-0.2, -0.15) is 0 Å². The van der Waals surface area contributed by atoms with Crippen LogP contribution in [0.4, 0.5) is 0 Å². The molecule has 3 atom stereocenters. The Morgan fingerprint density at radius 1 is 0.700 bits per heavy atom. The van der Waals surface area contributed by atoms with Gasteiger partial charge in [-0.1, -0.05) is 91.4 Å². The molecule has 0 amide bonds. The maximum absolute atomic E-state index is 5.82. The molecule has 0 bridgehead atoms. The van der Waals surface area contributed by atoms with Crippen molar-refractivity contribution in [3.8, 4) is 0 Å². The van der Waals surface area contributed by atoms with Gasteiger partial charge in [0.25, 0.3) is 0 Å². The predicted octanol–water partition coefficient (Wildman–Crippen LogP) is 6.50. The van der Waals surface area contributed by atoms with Gasteiger partial charge >= 0.3 is 0 Å². The van der Waals surface area contributed by atoms with Crippen LogP contribution in [-0.4, -0.2) is 12.2 Å². The van der Waals surface area contributed by atoms with E-state index >= 15 is 0 Å². The van der Waals surface area contributed by atoms with Crippen LogP contribution in [0.5, 0.6) is 0 Å². The minimum atomic E-state index is 0.629. The summed E-state index contributed by atoms with van der Waals surface area (Å²) in [6.45, 7) is 6.94. The van der Waals surface area contributed by atoms with Crippen LogP contribution in [0.2, 0.25) is 0 Å². The van der Waals surface area contributed by atoms with Gasteiger partial charge in [-0.05, 0) is 18.8 Å². The lowest BCUT2D eigenvalue weighted by atomic mass is 9.93. The lowest BCUT2D eigenvalue weighted by molar-refractivity contribution is 0.338. The molecular formula is C19H38O. The maximum atomic E-state index is 5.82. The first-order chi connectivity index (χ1) is 9.81. The summed E-state index contributed by atoms with van der Waals surface area (Å²) in [6, 6.07) is 0. The monoisotopic (exact) mass is 282 g/mol. The SMILES string of the molecule is CCCCCCCC1OC1CCCC(CC)CCCC. The van der Waals surface area contributed by atoms with E-state index in [1.54, 1.807) is 0 Å². The van der Waals surface area contributed by atoms with Crippen molar-refractivity contribution in [2.24, 2.45) is 5.92 Å². The van der Waals surface area contributed by atoms with Crippen molar-refractivity contribution < 1.29 is 4.74 Å². The van der Waals surface area contributed by atoms with Gasteiger partial charge in [0.05, 0.1) is 12.2 Å². The Labute approximate surface area is 127 Å². The van der Waals surface area contributed by atoms with Gasteiger partial charge in [0.1, 0.15) is 0 Å². The van der Waals surface area contributed by atoms with Crippen molar-refractivity contribution in [1.82, 2.24) is 0 Å². The third-order valence-electron chi connectivity index (χ3n) is 4.92. The molecule has 0 aromatic rings. The largest absolute Gasteiger partial charge is 0.370 e. The van der Waals surface area contributed by atoms with Crippen LogP contribution in [0.3, 0.4) is 0 Å². The molecule has 1 heteroatoms. The number of hydrogen-bond acceptors (Lipinski definition) is 1. The van der Waals surface area contributed by atoms with Crippen molar-refractivity contribution in [3.63, 3.8) is 0 Å². The molecule has 0 aliphatic carbocycles. The van der Waals surface area contributed by atoms with E-state index in [2.05, 4.69) is 20.8 Å². The van der Waals surface area contributed by atoms with Crippen molar-refractivity contribution in [3.05, 3.63) is 0 Å². The third-order valence-corrected chi connectivity index (χ3v) is 4.92. The van der Waals surface area contributed by atoms with Gasteiger partial charge in [-0.15, -0.1) is 0 Å². The molecule has 120 valence electrons. The second kappa shape index (κ2) is 11.6. The van der Waals surface area contributed by atoms with Crippen LogP contribution in [-0.2, 0) is 4.74 Å². The summed E-state index contributed by atoms with van der Waals surface area (Å²) in [5, 5.41) is 0. The molecule has 1 rings (SSSR count). The van der Waals surface area contributed by atoms with E-state index in [0.717, 1.165) is 5.92 Å². The molecule has 1 aliphatic heterocycles. The van der Waals surface area contributed by atoms with E-state index in [0.29, 0.717) is 12.2 Å². The number of epoxide rings is 1. The summed E-state index contributed by atoms with van der Waals surface area (Å²) < 4.78 is 5.82. The van der Waals surface area contributed by atoms with E-state index in [9.17, 15) is 0 Å². The Morgan fingerprint density at radius 2 is 1.30 bits per heavy atom. The molecule has 0 aromatic carbocycles. The lowest BCUT2D eigenvalue weighted by Crippen LogP contribution is -2.01. The van der Waals surface area contributed by atoms with E-state index in [-0.39, 0.29) is 0 Å². The van der Waals surface area contributed by atoms with Gasteiger partial charge < -0.3 is 4.74 Å². The zero-order valence-electron chi connectivity index (χ0n) is 14.3.